The molecule has 0 radical (unpaired) electrons. The molecule has 1 aromatic carbocycles. The van der Waals surface area contributed by atoms with Crippen LogP contribution in [0.4, 0.5) is 13.2 Å². The van der Waals surface area contributed by atoms with Crippen LogP contribution in [0.5, 0.6) is 0 Å². The lowest BCUT2D eigenvalue weighted by Gasteiger charge is -2.13. The number of imidazole rings is 1. The fraction of sp³-hybridized carbons (Fsp3) is 0.125. The van der Waals surface area contributed by atoms with Crippen LogP contribution in [0.25, 0.3) is 16.9 Å². The molecule has 3 heterocycles. The molecule has 0 saturated carbocycles. The molecule has 126 valence electrons. The van der Waals surface area contributed by atoms with E-state index in [0.29, 0.717) is 28.0 Å². The minimum atomic E-state index is -4.49. The fourth-order valence-corrected chi connectivity index (χ4v) is 2.80. The number of hydrogen-bond donors (Lipinski definition) is 1. The van der Waals surface area contributed by atoms with Gasteiger partial charge < -0.3 is 5.73 Å². The number of primary amides is 1. The predicted molar refractivity (Wildman–Crippen MR) is 83.2 cm³/mol. The van der Waals surface area contributed by atoms with Crippen LogP contribution in [-0.2, 0) is 12.7 Å². The number of fused-ring (bicyclic) bond motifs is 2. The first-order valence-corrected chi connectivity index (χ1v) is 7.23. The van der Waals surface area contributed by atoms with Crippen molar-refractivity contribution in [2.24, 2.45) is 10.7 Å². The van der Waals surface area contributed by atoms with Crippen LogP contribution in [0, 0.1) is 0 Å². The number of halogens is 3. The van der Waals surface area contributed by atoms with Gasteiger partial charge in [-0.25, -0.2) is 9.50 Å². The molecule has 0 fully saturated rings. The summed E-state index contributed by atoms with van der Waals surface area (Å²) in [6.45, 7) is 0.183. The molecule has 0 spiro atoms. The smallest absolute Gasteiger partial charge is 0.364 e. The van der Waals surface area contributed by atoms with E-state index in [1.165, 1.54) is 29.1 Å². The Bertz CT molecular complexity index is 1050. The quantitative estimate of drug-likeness (QED) is 0.774. The van der Waals surface area contributed by atoms with Crippen molar-refractivity contribution in [3.05, 3.63) is 52.8 Å². The number of amides is 1. The van der Waals surface area contributed by atoms with Gasteiger partial charge in [0.15, 0.2) is 5.65 Å². The molecular formula is C16H10F3N5O. The summed E-state index contributed by atoms with van der Waals surface area (Å²) in [6.07, 6.45) is -1.55. The normalized spacial score (nSPS) is 13.4. The monoisotopic (exact) mass is 345 g/mol. The Hall–Kier alpha value is -3.23. The van der Waals surface area contributed by atoms with E-state index in [-0.39, 0.29) is 12.2 Å². The molecule has 6 nitrogen and oxygen atoms in total. The largest absolute Gasteiger partial charge is 0.416 e. The van der Waals surface area contributed by atoms with Gasteiger partial charge >= 0.3 is 6.18 Å². The minimum absolute atomic E-state index is 0.0101. The molecule has 0 unspecified atom stereocenters. The Kier molecular flexibility index (Phi) is 3.14. The van der Waals surface area contributed by atoms with Gasteiger partial charge in [-0.3, -0.25) is 9.79 Å². The summed E-state index contributed by atoms with van der Waals surface area (Å²) in [5.74, 6) is -0.739. The summed E-state index contributed by atoms with van der Waals surface area (Å²) in [6, 6.07) is 5.07. The van der Waals surface area contributed by atoms with Crippen LogP contribution < -0.4 is 5.73 Å². The average Bonchev–Trinajstić information content (AvgIpc) is 3.19. The van der Waals surface area contributed by atoms with Crippen LogP contribution in [-0.4, -0.2) is 26.7 Å². The molecule has 0 aliphatic carbocycles. The van der Waals surface area contributed by atoms with Crippen LogP contribution in [0.2, 0.25) is 0 Å². The molecule has 4 rings (SSSR count). The molecule has 2 aromatic heterocycles. The summed E-state index contributed by atoms with van der Waals surface area (Å²) in [7, 11) is 0. The zero-order valence-corrected chi connectivity index (χ0v) is 12.6. The second-order valence-electron chi connectivity index (χ2n) is 5.56. The number of alkyl halides is 3. The lowest BCUT2D eigenvalue weighted by atomic mass is 9.97. The first kappa shape index (κ1) is 15.3. The lowest BCUT2D eigenvalue weighted by molar-refractivity contribution is -0.137. The van der Waals surface area contributed by atoms with Gasteiger partial charge in [-0.2, -0.15) is 18.3 Å². The Morgan fingerprint density at radius 1 is 1.24 bits per heavy atom. The Morgan fingerprint density at radius 3 is 2.76 bits per heavy atom. The van der Waals surface area contributed by atoms with Gasteiger partial charge in [0.05, 0.1) is 24.0 Å². The third-order valence-electron chi connectivity index (χ3n) is 3.97. The summed E-state index contributed by atoms with van der Waals surface area (Å²) in [4.78, 5) is 19.5. The molecule has 1 amide bonds. The third-order valence-corrected chi connectivity index (χ3v) is 3.97. The number of carbonyl (C=O) groups excluding carboxylic acids is 1. The summed E-state index contributed by atoms with van der Waals surface area (Å²) < 4.78 is 41.0. The highest BCUT2D eigenvalue weighted by molar-refractivity contribution is 5.94. The van der Waals surface area contributed by atoms with Crippen molar-refractivity contribution < 1.29 is 18.0 Å². The number of nitrogens with two attached hydrogens (primary N) is 1. The first-order chi connectivity index (χ1) is 11.8. The number of aliphatic imine (C=N–C) groups is 1. The molecule has 2 N–H and O–H groups in total. The van der Waals surface area contributed by atoms with Gasteiger partial charge in [-0.15, -0.1) is 0 Å². The van der Waals surface area contributed by atoms with Gasteiger partial charge in [-0.05, 0) is 29.8 Å². The Labute approximate surface area is 138 Å². The summed E-state index contributed by atoms with van der Waals surface area (Å²) >= 11 is 0. The molecule has 0 atom stereocenters. The minimum Gasteiger partial charge on any atom is -0.364 e. The second-order valence-corrected chi connectivity index (χ2v) is 5.56. The van der Waals surface area contributed by atoms with Crippen molar-refractivity contribution in [2.75, 3.05) is 0 Å². The lowest BCUT2D eigenvalue weighted by Crippen LogP contribution is -2.15. The van der Waals surface area contributed by atoms with E-state index in [4.69, 9.17) is 5.73 Å². The standard InChI is InChI=1S/C16H10F3N5O/c17-16(18,19)9-3-8-5-21-6-11(8)10(4-9)13-7-22-14-2-1-12(15(20)25)23-24(13)14/h1-4,6-7H,5H2,(H2,20,25). The van der Waals surface area contributed by atoms with E-state index in [9.17, 15) is 18.0 Å². The first-order valence-electron chi connectivity index (χ1n) is 7.23. The topological polar surface area (TPSA) is 85.6 Å². The number of benzene rings is 1. The van der Waals surface area contributed by atoms with Crippen LogP contribution >= 0.6 is 0 Å². The average molecular weight is 345 g/mol. The molecular weight excluding hydrogens is 335 g/mol. The van der Waals surface area contributed by atoms with Crippen molar-refractivity contribution in [3.8, 4) is 11.3 Å². The molecule has 25 heavy (non-hydrogen) atoms. The van der Waals surface area contributed by atoms with E-state index in [1.807, 2.05) is 0 Å². The third kappa shape index (κ3) is 2.44. The van der Waals surface area contributed by atoms with Crippen LogP contribution in [0.15, 0.2) is 35.5 Å². The number of carbonyl (C=O) groups is 1. The molecule has 1 aliphatic heterocycles. The van der Waals surface area contributed by atoms with Crippen LogP contribution in [0.1, 0.15) is 27.2 Å². The van der Waals surface area contributed by atoms with E-state index in [0.717, 1.165) is 12.1 Å². The predicted octanol–water partition coefficient (Wildman–Crippen LogP) is 2.45. The second kappa shape index (κ2) is 5.13. The highest BCUT2D eigenvalue weighted by Crippen LogP contribution is 2.37. The Morgan fingerprint density at radius 2 is 2.04 bits per heavy atom. The van der Waals surface area contributed by atoms with Crippen molar-refractivity contribution in [1.82, 2.24) is 14.6 Å². The van der Waals surface area contributed by atoms with Crippen molar-refractivity contribution >= 4 is 17.8 Å². The number of aromatic nitrogens is 3. The van der Waals surface area contributed by atoms with Gasteiger partial charge in [0, 0.05) is 17.3 Å². The van der Waals surface area contributed by atoms with Gasteiger partial charge in [0.1, 0.15) is 5.69 Å². The van der Waals surface area contributed by atoms with E-state index in [2.05, 4.69) is 15.1 Å². The number of rotatable bonds is 2. The van der Waals surface area contributed by atoms with Crippen molar-refractivity contribution in [2.45, 2.75) is 12.7 Å². The van der Waals surface area contributed by atoms with E-state index >= 15 is 0 Å². The van der Waals surface area contributed by atoms with Gasteiger partial charge in [0.2, 0.25) is 0 Å². The molecule has 3 aromatic rings. The van der Waals surface area contributed by atoms with E-state index in [1.54, 1.807) is 0 Å². The molecule has 1 aliphatic rings. The zero-order valence-electron chi connectivity index (χ0n) is 12.6. The van der Waals surface area contributed by atoms with Gasteiger partial charge in [-0.1, -0.05) is 0 Å². The molecule has 9 heteroatoms. The van der Waals surface area contributed by atoms with E-state index < -0.39 is 17.6 Å². The Balaban J connectivity index is 2.00. The van der Waals surface area contributed by atoms with Crippen molar-refractivity contribution in [1.29, 1.82) is 0 Å². The maximum atomic E-state index is 13.2. The maximum Gasteiger partial charge on any atom is 0.416 e. The zero-order chi connectivity index (χ0) is 17.8. The summed E-state index contributed by atoms with van der Waals surface area (Å²) in [5, 5.41) is 4.08. The van der Waals surface area contributed by atoms with Gasteiger partial charge in [0.25, 0.3) is 5.91 Å². The number of hydrogen-bond acceptors (Lipinski definition) is 4. The number of nitrogens with zero attached hydrogens (tertiary/aromatic N) is 4. The SMILES string of the molecule is NC(=O)c1ccc2ncc(-c3cc(C(F)(F)F)cc4c3C=NC4)n2n1. The van der Waals surface area contributed by atoms with Crippen LogP contribution in [0.3, 0.4) is 0 Å². The highest BCUT2D eigenvalue weighted by atomic mass is 19.4. The van der Waals surface area contributed by atoms with Crippen molar-refractivity contribution in [3.63, 3.8) is 0 Å². The maximum absolute atomic E-state index is 13.2. The fourth-order valence-electron chi connectivity index (χ4n) is 2.80. The molecule has 0 saturated heterocycles. The molecule has 0 bridgehead atoms. The highest BCUT2D eigenvalue weighted by Gasteiger charge is 2.33. The summed E-state index contributed by atoms with van der Waals surface area (Å²) in [5.41, 5.74) is 6.53.